The number of fused-ring (bicyclic) bond motifs is 1. The summed E-state index contributed by atoms with van der Waals surface area (Å²) in [5.74, 6) is 0.0224. The Labute approximate surface area is 148 Å². The van der Waals surface area contributed by atoms with E-state index in [-0.39, 0.29) is 18.0 Å². The number of carbonyl (C=O) groups is 1. The molecule has 25 heavy (non-hydrogen) atoms. The fourth-order valence-electron chi connectivity index (χ4n) is 3.35. The van der Waals surface area contributed by atoms with Crippen LogP contribution < -0.4 is 5.32 Å². The van der Waals surface area contributed by atoms with Gasteiger partial charge < -0.3 is 10.2 Å². The molecule has 0 radical (unpaired) electrons. The molecule has 2 aromatic carbocycles. The van der Waals surface area contributed by atoms with Gasteiger partial charge in [0.1, 0.15) is 0 Å². The van der Waals surface area contributed by atoms with E-state index in [2.05, 4.69) is 32.5 Å². The van der Waals surface area contributed by atoms with E-state index in [0.717, 1.165) is 16.5 Å². The van der Waals surface area contributed by atoms with Gasteiger partial charge in [-0.1, -0.05) is 42.5 Å². The zero-order valence-electron chi connectivity index (χ0n) is 14.9. The fraction of sp³-hybridized carbons (Fsp3) is 0.300. The van der Waals surface area contributed by atoms with E-state index in [1.165, 1.54) is 5.56 Å². The molecule has 0 spiro atoms. The molecule has 0 aliphatic heterocycles. The van der Waals surface area contributed by atoms with E-state index >= 15 is 0 Å². The number of aromatic nitrogens is 2. The van der Waals surface area contributed by atoms with Crippen LogP contribution in [0.15, 0.2) is 54.7 Å². The Morgan fingerprint density at radius 2 is 1.96 bits per heavy atom. The van der Waals surface area contributed by atoms with Crippen molar-refractivity contribution in [3.8, 4) is 0 Å². The molecule has 0 bridgehead atoms. The maximum absolute atomic E-state index is 12.5. The molecule has 5 heteroatoms. The van der Waals surface area contributed by atoms with Crippen LogP contribution in [0.4, 0.5) is 0 Å². The number of hydrogen-bond donors (Lipinski definition) is 2. The van der Waals surface area contributed by atoms with Gasteiger partial charge in [-0.2, -0.15) is 5.10 Å². The highest BCUT2D eigenvalue weighted by atomic mass is 16.1. The third-order valence-corrected chi connectivity index (χ3v) is 4.43. The summed E-state index contributed by atoms with van der Waals surface area (Å²) in [7, 11) is 4.07. The first-order valence-corrected chi connectivity index (χ1v) is 8.47. The lowest BCUT2D eigenvalue weighted by molar-refractivity contribution is -0.121. The molecule has 3 aromatic rings. The van der Waals surface area contributed by atoms with Crippen LogP contribution in [0.5, 0.6) is 0 Å². The standard InChI is InChI=1S/C20H24N4O/c1-14(20(24(2)3)16-7-5-4-6-8-16)22-19(25)12-15-9-10-17-13-21-23-18(17)11-15/h4-11,13-14,20H,12H2,1-3H3,(H,21,23)(H,22,25). The highest BCUT2D eigenvalue weighted by molar-refractivity contribution is 5.82. The Bertz CT molecular complexity index is 841. The number of H-pyrrole nitrogens is 1. The summed E-state index contributed by atoms with van der Waals surface area (Å²) in [5.41, 5.74) is 3.12. The quantitative estimate of drug-likeness (QED) is 0.727. The van der Waals surface area contributed by atoms with E-state index in [0.29, 0.717) is 6.42 Å². The second-order valence-corrected chi connectivity index (χ2v) is 6.64. The van der Waals surface area contributed by atoms with E-state index in [1.54, 1.807) is 6.20 Å². The van der Waals surface area contributed by atoms with Gasteiger partial charge in [-0.3, -0.25) is 9.89 Å². The van der Waals surface area contributed by atoms with Crippen molar-refractivity contribution >= 4 is 16.8 Å². The maximum Gasteiger partial charge on any atom is 0.224 e. The SMILES string of the molecule is CC(NC(=O)Cc1ccc2cn[nH]c2c1)C(c1ccccc1)N(C)C. The van der Waals surface area contributed by atoms with Gasteiger partial charge in [-0.15, -0.1) is 0 Å². The lowest BCUT2D eigenvalue weighted by Gasteiger charge is -2.31. The predicted molar refractivity (Wildman–Crippen MR) is 100 cm³/mol. The van der Waals surface area contributed by atoms with E-state index < -0.39 is 0 Å². The van der Waals surface area contributed by atoms with Crippen molar-refractivity contribution in [2.75, 3.05) is 14.1 Å². The first kappa shape index (κ1) is 17.2. The molecule has 3 rings (SSSR count). The van der Waals surface area contributed by atoms with Crippen LogP contribution in [0.2, 0.25) is 0 Å². The van der Waals surface area contributed by atoms with Crippen molar-refractivity contribution in [1.29, 1.82) is 0 Å². The maximum atomic E-state index is 12.5. The first-order chi connectivity index (χ1) is 12.0. The zero-order chi connectivity index (χ0) is 17.8. The number of benzene rings is 2. The third kappa shape index (κ3) is 4.06. The molecule has 2 N–H and O–H groups in total. The van der Waals surface area contributed by atoms with Gasteiger partial charge in [0.25, 0.3) is 0 Å². The predicted octanol–water partition coefficient (Wildman–Crippen LogP) is 2.91. The topological polar surface area (TPSA) is 61.0 Å². The smallest absolute Gasteiger partial charge is 0.224 e. The van der Waals surface area contributed by atoms with Crippen LogP contribution >= 0.6 is 0 Å². The van der Waals surface area contributed by atoms with Gasteiger partial charge in [0.05, 0.1) is 24.2 Å². The van der Waals surface area contributed by atoms with Gasteiger partial charge in [0, 0.05) is 11.4 Å². The minimum Gasteiger partial charge on any atom is -0.351 e. The van der Waals surface area contributed by atoms with Gasteiger partial charge in [-0.25, -0.2) is 0 Å². The summed E-state index contributed by atoms with van der Waals surface area (Å²) in [4.78, 5) is 14.6. The normalized spacial score (nSPS) is 13.8. The van der Waals surface area contributed by atoms with E-state index in [4.69, 9.17) is 0 Å². The van der Waals surface area contributed by atoms with Crippen LogP contribution in [-0.4, -0.2) is 41.1 Å². The number of likely N-dealkylation sites (N-methyl/N-ethyl adjacent to an activating group) is 1. The summed E-state index contributed by atoms with van der Waals surface area (Å²) >= 11 is 0. The number of carbonyl (C=O) groups excluding carboxylic acids is 1. The largest absolute Gasteiger partial charge is 0.351 e. The molecule has 1 heterocycles. The van der Waals surface area contributed by atoms with Gasteiger partial charge in [0.2, 0.25) is 5.91 Å². The van der Waals surface area contributed by atoms with Crippen LogP contribution in [-0.2, 0) is 11.2 Å². The minimum atomic E-state index is 0.000727. The number of nitrogens with one attached hydrogen (secondary N) is 2. The van der Waals surface area contributed by atoms with E-state index in [1.807, 2.05) is 57.4 Å². The molecule has 2 atom stereocenters. The first-order valence-electron chi connectivity index (χ1n) is 8.47. The van der Waals surface area contributed by atoms with Crippen molar-refractivity contribution in [3.05, 3.63) is 65.9 Å². The Kier molecular flexibility index (Phi) is 5.14. The second kappa shape index (κ2) is 7.49. The van der Waals surface area contributed by atoms with Gasteiger partial charge in [0.15, 0.2) is 0 Å². The molecule has 0 aliphatic carbocycles. The summed E-state index contributed by atoms with van der Waals surface area (Å²) < 4.78 is 0. The summed E-state index contributed by atoms with van der Waals surface area (Å²) in [6.07, 6.45) is 2.14. The molecule has 2 unspecified atom stereocenters. The van der Waals surface area contributed by atoms with Crippen molar-refractivity contribution < 1.29 is 4.79 Å². The average molecular weight is 336 g/mol. The second-order valence-electron chi connectivity index (χ2n) is 6.64. The number of nitrogens with zero attached hydrogens (tertiary/aromatic N) is 2. The Morgan fingerprint density at radius 3 is 2.68 bits per heavy atom. The molecular weight excluding hydrogens is 312 g/mol. The average Bonchev–Trinajstić information content (AvgIpc) is 3.03. The fourth-order valence-corrected chi connectivity index (χ4v) is 3.35. The molecule has 0 fully saturated rings. The molecule has 1 amide bonds. The monoisotopic (exact) mass is 336 g/mol. The molecule has 130 valence electrons. The highest BCUT2D eigenvalue weighted by Gasteiger charge is 2.22. The number of aromatic amines is 1. The number of amides is 1. The third-order valence-electron chi connectivity index (χ3n) is 4.43. The summed E-state index contributed by atoms with van der Waals surface area (Å²) in [6, 6.07) is 16.3. The molecule has 0 aliphatic rings. The Hall–Kier alpha value is -2.66. The van der Waals surface area contributed by atoms with Crippen molar-refractivity contribution in [3.63, 3.8) is 0 Å². The van der Waals surface area contributed by atoms with Crippen LogP contribution in [0.25, 0.3) is 10.9 Å². The molecular formula is C20H24N4O. The summed E-state index contributed by atoms with van der Waals surface area (Å²) in [5, 5.41) is 11.1. The Balaban J connectivity index is 1.68. The van der Waals surface area contributed by atoms with Crippen molar-refractivity contribution in [2.45, 2.75) is 25.4 Å². The lowest BCUT2D eigenvalue weighted by Crippen LogP contribution is -2.42. The zero-order valence-corrected chi connectivity index (χ0v) is 14.9. The summed E-state index contributed by atoms with van der Waals surface area (Å²) in [6.45, 7) is 2.05. The Morgan fingerprint density at radius 1 is 1.20 bits per heavy atom. The molecule has 0 saturated heterocycles. The lowest BCUT2D eigenvalue weighted by atomic mass is 9.99. The molecule has 1 aromatic heterocycles. The van der Waals surface area contributed by atoms with Crippen LogP contribution in [0.3, 0.4) is 0 Å². The van der Waals surface area contributed by atoms with Crippen molar-refractivity contribution in [1.82, 2.24) is 20.4 Å². The van der Waals surface area contributed by atoms with Crippen molar-refractivity contribution in [2.24, 2.45) is 0 Å². The number of hydrogen-bond acceptors (Lipinski definition) is 3. The van der Waals surface area contributed by atoms with Gasteiger partial charge >= 0.3 is 0 Å². The van der Waals surface area contributed by atoms with Gasteiger partial charge in [-0.05, 0) is 38.2 Å². The minimum absolute atomic E-state index is 0.000727. The van der Waals surface area contributed by atoms with Crippen LogP contribution in [0, 0.1) is 0 Å². The van der Waals surface area contributed by atoms with Crippen LogP contribution in [0.1, 0.15) is 24.1 Å². The molecule has 0 saturated carbocycles. The highest BCUT2D eigenvalue weighted by Crippen LogP contribution is 2.22. The molecule has 5 nitrogen and oxygen atoms in total. The number of rotatable bonds is 6. The van der Waals surface area contributed by atoms with E-state index in [9.17, 15) is 4.79 Å².